The van der Waals surface area contributed by atoms with Gasteiger partial charge >= 0.3 is 5.97 Å². The highest BCUT2D eigenvalue weighted by Gasteiger charge is 2.64. The van der Waals surface area contributed by atoms with Gasteiger partial charge in [0, 0.05) is 0 Å². The molecule has 1 aromatic heterocycles. The molecule has 0 spiro atoms. The third-order valence-corrected chi connectivity index (χ3v) is 2.64. The standard InChI is InChI=1S/C11H14O4/c1-3-11(10(12)13-4-2)9(15-11)8-6-5-7-14-8/h5-7,9H,3-4H2,1-2H3. The summed E-state index contributed by atoms with van der Waals surface area (Å²) in [6, 6.07) is 3.59. The predicted octanol–water partition coefficient (Wildman–Crippen LogP) is 2.06. The first-order chi connectivity index (χ1) is 7.24. The highest BCUT2D eigenvalue weighted by molar-refractivity contribution is 5.83. The van der Waals surface area contributed by atoms with Gasteiger partial charge in [0.2, 0.25) is 0 Å². The molecule has 1 saturated heterocycles. The van der Waals surface area contributed by atoms with Crippen LogP contribution in [0.2, 0.25) is 0 Å². The minimum absolute atomic E-state index is 0.281. The number of rotatable bonds is 4. The van der Waals surface area contributed by atoms with Crippen LogP contribution in [0.1, 0.15) is 32.1 Å². The van der Waals surface area contributed by atoms with Crippen LogP contribution in [-0.4, -0.2) is 18.2 Å². The molecule has 0 radical (unpaired) electrons. The Morgan fingerprint density at radius 2 is 2.40 bits per heavy atom. The van der Waals surface area contributed by atoms with E-state index in [1.165, 1.54) is 0 Å². The summed E-state index contributed by atoms with van der Waals surface area (Å²) < 4.78 is 15.6. The minimum atomic E-state index is -0.812. The molecule has 1 aromatic rings. The van der Waals surface area contributed by atoms with Crippen LogP contribution in [0.15, 0.2) is 22.8 Å². The number of carbonyl (C=O) groups excluding carboxylic acids is 1. The average molecular weight is 210 g/mol. The van der Waals surface area contributed by atoms with Crippen LogP contribution in [-0.2, 0) is 14.3 Å². The Balaban J connectivity index is 2.12. The van der Waals surface area contributed by atoms with Gasteiger partial charge in [0.05, 0.1) is 12.9 Å². The molecule has 82 valence electrons. The van der Waals surface area contributed by atoms with Crippen molar-refractivity contribution in [2.24, 2.45) is 0 Å². The van der Waals surface area contributed by atoms with Gasteiger partial charge in [0.1, 0.15) is 5.76 Å². The molecule has 0 aromatic carbocycles. The van der Waals surface area contributed by atoms with Gasteiger partial charge < -0.3 is 13.9 Å². The lowest BCUT2D eigenvalue weighted by Gasteiger charge is -2.07. The number of esters is 1. The number of carbonyl (C=O) groups is 1. The largest absolute Gasteiger partial charge is 0.466 e. The summed E-state index contributed by atoms with van der Waals surface area (Å²) >= 11 is 0. The molecule has 2 unspecified atom stereocenters. The maximum atomic E-state index is 11.7. The second-order valence-corrected chi connectivity index (χ2v) is 3.48. The molecule has 0 amide bonds. The highest BCUT2D eigenvalue weighted by Crippen LogP contribution is 2.52. The number of furan rings is 1. The van der Waals surface area contributed by atoms with Crippen LogP contribution in [0.4, 0.5) is 0 Å². The van der Waals surface area contributed by atoms with Crippen molar-refractivity contribution in [1.29, 1.82) is 0 Å². The average Bonchev–Trinajstić information content (AvgIpc) is 2.75. The number of ether oxygens (including phenoxy) is 2. The van der Waals surface area contributed by atoms with Crippen LogP contribution in [0.5, 0.6) is 0 Å². The summed E-state index contributed by atoms with van der Waals surface area (Å²) in [5.74, 6) is 0.388. The fraction of sp³-hybridized carbons (Fsp3) is 0.545. The molecular weight excluding hydrogens is 196 g/mol. The Morgan fingerprint density at radius 3 is 2.93 bits per heavy atom. The number of hydrogen-bond donors (Lipinski definition) is 0. The lowest BCUT2D eigenvalue weighted by Crippen LogP contribution is -2.27. The number of epoxide rings is 1. The summed E-state index contributed by atoms with van der Waals surface area (Å²) in [4.78, 5) is 11.7. The van der Waals surface area contributed by atoms with Crippen molar-refractivity contribution in [3.8, 4) is 0 Å². The van der Waals surface area contributed by atoms with E-state index in [0.29, 0.717) is 18.8 Å². The monoisotopic (exact) mass is 210 g/mol. The molecule has 2 heterocycles. The van der Waals surface area contributed by atoms with Crippen LogP contribution in [0, 0.1) is 0 Å². The SMILES string of the molecule is CCOC(=O)C1(CC)OC1c1ccco1. The first-order valence-electron chi connectivity index (χ1n) is 5.13. The Labute approximate surface area is 88.2 Å². The Hall–Kier alpha value is -1.29. The van der Waals surface area contributed by atoms with E-state index in [4.69, 9.17) is 13.9 Å². The summed E-state index contributed by atoms with van der Waals surface area (Å²) in [7, 11) is 0. The molecule has 1 aliphatic rings. The zero-order valence-electron chi connectivity index (χ0n) is 8.86. The molecule has 4 nitrogen and oxygen atoms in total. The summed E-state index contributed by atoms with van der Waals surface area (Å²) in [6.07, 6.45) is 1.89. The Bertz CT molecular complexity index is 343. The molecule has 0 bridgehead atoms. The summed E-state index contributed by atoms with van der Waals surface area (Å²) in [5.41, 5.74) is -0.812. The van der Waals surface area contributed by atoms with Gasteiger partial charge in [-0.15, -0.1) is 0 Å². The first-order valence-corrected chi connectivity index (χ1v) is 5.13. The Morgan fingerprint density at radius 1 is 1.60 bits per heavy atom. The van der Waals surface area contributed by atoms with Gasteiger partial charge in [0.15, 0.2) is 11.7 Å². The second kappa shape index (κ2) is 3.70. The molecular formula is C11H14O4. The molecule has 2 rings (SSSR count). The molecule has 0 N–H and O–H groups in total. The summed E-state index contributed by atoms with van der Waals surface area (Å²) in [6.45, 7) is 4.06. The van der Waals surface area contributed by atoms with E-state index in [9.17, 15) is 4.79 Å². The fourth-order valence-corrected chi connectivity index (χ4v) is 1.73. The third kappa shape index (κ3) is 1.55. The topological polar surface area (TPSA) is 52.0 Å². The van der Waals surface area contributed by atoms with Crippen molar-refractivity contribution in [2.45, 2.75) is 32.0 Å². The van der Waals surface area contributed by atoms with Crippen LogP contribution in [0.3, 0.4) is 0 Å². The van der Waals surface area contributed by atoms with Gasteiger partial charge in [-0.05, 0) is 25.5 Å². The fourth-order valence-electron chi connectivity index (χ4n) is 1.73. The minimum Gasteiger partial charge on any atom is -0.466 e. The van der Waals surface area contributed by atoms with Crippen molar-refractivity contribution in [3.63, 3.8) is 0 Å². The van der Waals surface area contributed by atoms with Gasteiger partial charge in [-0.2, -0.15) is 0 Å². The lowest BCUT2D eigenvalue weighted by atomic mass is 10.0. The quantitative estimate of drug-likeness (QED) is 0.563. The van der Waals surface area contributed by atoms with E-state index < -0.39 is 5.60 Å². The second-order valence-electron chi connectivity index (χ2n) is 3.48. The summed E-state index contributed by atoms with van der Waals surface area (Å²) in [5, 5.41) is 0. The predicted molar refractivity (Wildman–Crippen MR) is 52.2 cm³/mol. The smallest absolute Gasteiger partial charge is 0.341 e. The highest BCUT2D eigenvalue weighted by atomic mass is 16.7. The number of hydrogen-bond acceptors (Lipinski definition) is 4. The van der Waals surface area contributed by atoms with E-state index in [1.807, 2.05) is 6.92 Å². The van der Waals surface area contributed by atoms with Crippen molar-refractivity contribution in [2.75, 3.05) is 6.61 Å². The maximum Gasteiger partial charge on any atom is 0.341 e. The molecule has 1 fully saturated rings. The van der Waals surface area contributed by atoms with E-state index in [0.717, 1.165) is 0 Å². The molecule has 0 aliphatic carbocycles. The normalized spacial score (nSPS) is 28.8. The van der Waals surface area contributed by atoms with Crippen LogP contribution < -0.4 is 0 Å². The van der Waals surface area contributed by atoms with Crippen LogP contribution in [0.25, 0.3) is 0 Å². The zero-order chi connectivity index (χ0) is 10.9. The van der Waals surface area contributed by atoms with Crippen LogP contribution >= 0.6 is 0 Å². The lowest BCUT2D eigenvalue weighted by molar-refractivity contribution is -0.149. The van der Waals surface area contributed by atoms with Gasteiger partial charge in [-0.3, -0.25) is 0 Å². The van der Waals surface area contributed by atoms with Crippen molar-refractivity contribution < 1.29 is 18.7 Å². The molecule has 0 saturated carbocycles. The van der Waals surface area contributed by atoms with Crippen molar-refractivity contribution >= 4 is 5.97 Å². The van der Waals surface area contributed by atoms with Gasteiger partial charge in [-0.25, -0.2) is 4.79 Å². The molecule has 4 heteroatoms. The van der Waals surface area contributed by atoms with E-state index in [-0.39, 0.29) is 12.1 Å². The van der Waals surface area contributed by atoms with Gasteiger partial charge in [0.25, 0.3) is 0 Å². The van der Waals surface area contributed by atoms with E-state index in [2.05, 4.69) is 0 Å². The van der Waals surface area contributed by atoms with E-state index >= 15 is 0 Å². The zero-order valence-corrected chi connectivity index (χ0v) is 8.86. The van der Waals surface area contributed by atoms with Gasteiger partial charge in [-0.1, -0.05) is 6.92 Å². The van der Waals surface area contributed by atoms with Crippen molar-refractivity contribution in [1.82, 2.24) is 0 Å². The molecule has 2 atom stereocenters. The third-order valence-electron chi connectivity index (χ3n) is 2.64. The first kappa shape index (κ1) is 10.2. The molecule has 15 heavy (non-hydrogen) atoms. The van der Waals surface area contributed by atoms with Crippen molar-refractivity contribution in [3.05, 3.63) is 24.2 Å². The molecule has 1 aliphatic heterocycles. The maximum absolute atomic E-state index is 11.7. The van der Waals surface area contributed by atoms with E-state index in [1.54, 1.807) is 25.3 Å². The Kier molecular flexibility index (Phi) is 2.52.